The Kier molecular flexibility index (Phi) is 5.61. The second-order valence-corrected chi connectivity index (χ2v) is 7.42. The van der Waals surface area contributed by atoms with E-state index in [1.165, 1.54) is 17.4 Å². The Morgan fingerprint density at radius 3 is 2.82 bits per heavy atom. The molecule has 0 bridgehead atoms. The molecule has 1 aliphatic rings. The predicted octanol–water partition coefficient (Wildman–Crippen LogP) is 4.15. The monoisotopic (exact) mass is 340 g/mol. The van der Waals surface area contributed by atoms with Gasteiger partial charge in [0.15, 0.2) is 0 Å². The molecular formula is C17H22ClFN2S. The number of thiophene rings is 1. The lowest BCUT2D eigenvalue weighted by Crippen LogP contribution is -2.30. The van der Waals surface area contributed by atoms with E-state index < -0.39 is 0 Å². The third kappa shape index (κ3) is 3.87. The lowest BCUT2D eigenvalue weighted by Gasteiger charge is -2.22. The summed E-state index contributed by atoms with van der Waals surface area (Å²) in [6.07, 6.45) is 1.17. The van der Waals surface area contributed by atoms with Crippen molar-refractivity contribution in [2.24, 2.45) is 11.1 Å². The van der Waals surface area contributed by atoms with Crippen molar-refractivity contribution in [3.63, 3.8) is 0 Å². The standard InChI is InChI=1S/C17H21FN2S.ClH/c1-17(11-19)7-8-20(12-17)10-15-5-6-16(21-15)13-3-2-4-14(18)9-13;/h2-6,9H,7-8,10-12,19H2,1H3;1H. The zero-order chi connectivity index (χ0) is 14.9. The highest BCUT2D eigenvalue weighted by Crippen LogP contribution is 2.33. The number of halogens is 2. The van der Waals surface area contributed by atoms with Gasteiger partial charge in [-0.2, -0.15) is 0 Å². The minimum absolute atomic E-state index is 0. The van der Waals surface area contributed by atoms with Gasteiger partial charge in [0.1, 0.15) is 5.82 Å². The van der Waals surface area contributed by atoms with Crippen molar-refractivity contribution in [2.75, 3.05) is 19.6 Å². The summed E-state index contributed by atoms with van der Waals surface area (Å²) in [5.41, 5.74) is 7.08. The molecule has 1 atom stereocenters. The first-order chi connectivity index (χ1) is 10.1. The number of benzene rings is 1. The maximum atomic E-state index is 13.3. The van der Waals surface area contributed by atoms with Crippen LogP contribution in [0.4, 0.5) is 4.39 Å². The quantitative estimate of drug-likeness (QED) is 0.906. The maximum Gasteiger partial charge on any atom is 0.123 e. The fourth-order valence-electron chi connectivity index (χ4n) is 2.91. The van der Waals surface area contributed by atoms with E-state index in [4.69, 9.17) is 5.73 Å². The van der Waals surface area contributed by atoms with Gasteiger partial charge in [0, 0.05) is 22.8 Å². The second-order valence-electron chi connectivity index (χ2n) is 6.25. The molecule has 2 aromatic rings. The summed E-state index contributed by atoms with van der Waals surface area (Å²) >= 11 is 1.75. The highest BCUT2D eigenvalue weighted by atomic mass is 35.5. The lowest BCUT2D eigenvalue weighted by atomic mass is 9.90. The first-order valence-corrected chi connectivity index (χ1v) is 8.17. The number of nitrogens with zero attached hydrogens (tertiary/aromatic N) is 1. The fourth-order valence-corrected chi connectivity index (χ4v) is 3.95. The van der Waals surface area contributed by atoms with Gasteiger partial charge in [0.05, 0.1) is 0 Å². The van der Waals surface area contributed by atoms with Crippen LogP contribution in [0.15, 0.2) is 36.4 Å². The van der Waals surface area contributed by atoms with Crippen LogP contribution in [0.3, 0.4) is 0 Å². The van der Waals surface area contributed by atoms with Crippen LogP contribution in [0.5, 0.6) is 0 Å². The van der Waals surface area contributed by atoms with E-state index in [-0.39, 0.29) is 23.6 Å². The Hall–Kier alpha value is -0.940. The molecule has 0 spiro atoms. The Balaban J connectivity index is 0.00000176. The SMILES string of the molecule is CC1(CN)CCN(Cc2ccc(-c3cccc(F)c3)s2)C1.Cl. The molecule has 120 valence electrons. The summed E-state index contributed by atoms with van der Waals surface area (Å²) in [7, 11) is 0. The molecule has 1 saturated heterocycles. The third-order valence-electron chi connectivity index (χ3n) is 4.28. The van der Waals surface area contributed by atoms with Crippen molar-refractivity contribution in [3.8, 4) is 10.4 Å². The van der Waals surface area contributed by atoms with Crippen LogP contribution in [-0.2, 0) is 6.54 Å². The van der Waals surface area contributed by atoms with Crippen molar-refractivity contribution in [1.82, 2.24) is 4.90 Å². The Morgan fingerprint density at radius 2 is 2.14 bits per heavy atom. The van der Waals surface area contributed by atoms with Crippen molar-refractivity contribution in [3.05, 3.63) is 47.1 Å². The van der Waals surface area contributed by atoms with Gasteiger partial charge >= 0.3 is 0 Å². The van der Waals surface area contributed by atoms with Crippen LogP contribution in [0, 0.1) is 11.2 Å². The molecule has 0 radical (unpaired) electrons. The minimum atomic E-state index is -0.180. The summed E-state index contributed by atoms with van der Waals surface area (Å²) in [5.74, 6) is -0.180. The average Bonchev–Trinajstić information content (AvgIpc) is 3.07. The normalized spacial score (nSPS) is 21.8. The van der Waals surface area contributed by atoms with E-state index in [2.05, 4.69) is 24.0 Å². The lowest BCUT2D eigenvalue weighted by molar-refractivity contribution is 0.276. The van der Waals surface area contributed by atoms with Crippen molar-refractivity contribution >= 4 is 23.7 Å². The van der Waals surface area contributed by atoms with Gasteiger partial charge < -0.3 is 5.73 Å². The van der Waals surface area contributed by atoms with Crippen LogP contribution in [0.2, 0.25) is 0 Å². The summed E-state index contributed by atoms with van der Waals surface area (Å²) in [5, 5.41) is 0. The van der Waals surface area contributed by atoms with Crippen molar-refractivity contribution in [1.29, 1.82) is 0 Å². The molecule has 2 heterocycles. The molecular weight excluding hydrogens is 319 g/mol. The van der Waals surface area contributed by atoms with E-state index in [1.807, 2.05) is 6.07 Å². The molecule has 1 fully saturated rings. The maximum absolute atomic E-state index is 13.3. The first kappa shape index (κ1) is 17.4. The van der Waals surface area contributed by atoms with Crippen molar-refractivity contribution < 1.29 is 4.39 Å². The average molecular weight is 341 g/mol. The smallest absolute Gasteiger partial charge is 0.123 e. The molecule has 2 nitrogen and oxygen atoms in total. The van der Waals surface area contributed by atoms with E-state index in [0.29, 0.717) is 0 Å². The fraction of sp³-hybridized carbons (Fsp3) is 0.412. The highest BCUT2D eigenvalue weighted by molar-refractivity contribution is 7.15. The zero-order valence-corrected chi connectivity index (χ0v) is 14.4. The Labute approximate surface area is 141 Å². The van der Waals surface area contributed by atoms with Crippen LogP contribution < -0.4 is 5.73 Å². The molecule has 3 rings (SSSR count). The van der Waals surface area contributed by atoms with Gasteiger partial charge in [-0.1, -0.05) is 19.1 Å². The summed E-state index contributed by atoms with van der Waals surface area (Å²) in [6, 6.07) is 11.0. The Morgan fingerprint density at radius 1 is 1.32 bits per heavy atom. The topological polar surface area (TPSA) is 29.3 Å². The van der Waals surface area contributed by atoms with Crippen molar-refractivity contribution in [2.45, 2.75) is 19.9 Å². The molecule has 0 saturated carbocycles. The highest BCUT2D eigenvalue weighted by Gasteiger charge is 2.32. The molecule has 2 N–H and O–H groups in total. The predicted molar refractivity (Wildman–Crippen MR) is 94.0 cm³/mol. The summed E-state index contributed by atoms with van der Waals surface area (Å²) in [6.45, 7) is 6.16. The molecule has 1 unspecified atom stereocenters. The van der Waals surface area contributed by atoms with Crippen LogP contribution in [-0.4, -0.2) is 24.5 Å². The number of hydrogen-bond donors (Lipinski definition) is 1. The van der Waals surface area contributed by atoms with Gasteiger partial charge in [0.25, 0.3) is 0 Å². The molecule has 1 aromatic heterocycles. The van der Waals surface area contributed by atoms with E-state index in [9.17, 15) is 4.39 Å². The number of hydrogen-bond acceptors (Lipinski definition) is 3. The summed E-state index contributed by atoms with van der Waals surface area (Å²) < 4.78 is 13.3. The van der Waals surface area contributed by atoms with Gasteiger partial charge in [-0.05, 0) is 54.8 Å². The Bertz CT molecular complexity index is 631. The van der Waals surface area contributed by atoms with Gasteiger partial charge in [-0.25, -0.2) is 4.39 Å². The van der Waals surface area contributed by atoms with Crippen LogP contribution >= 0.6 is 23.7 Å². The molecule has 1 aliphatic heterocycles. The first-order valence-electron chi connectivity index (χ1n) is 7.35. The van der Waals surface area contributed by atoms with Gasteiger partial charge in [-0.3, -0.25) is 4.90 Å². The zero-order valence-electron chi connectivity index (χ0n) is 12.7. The third-order valence-corrected chi connectivity index (χ3v) is 5.40. The van der Waals surface area contributed by atoms with E-state index in [1.54, 1.807) is 23.5 Å². The van der Waals surface area contributed by atoms with E-state index >= 15 is 0 Å². The molecule has 1 aromatic carbocycles. The molecule has 5 heteroatoms. The summed E-state index contributed by atoms with van der Waals surface area (Å²) in [4.78, 5) is 4.93. The number of nitrogens with two attached hydrogens (primary N) is 1. The minimum Gasteiger partial charge on any atom is -0.330 e. The van der Waals surface area contributed by atoms with Crippen LogP contribution in [0.25, 0.3) is 10.4 Å². The van der Waals surface area contributed by atoms with E-state index in [0.717, 1.165) is 36.6 Å². The second kappa shape index (κ2) is 7.09. The largest absolute Gasteiger partial charge is 0.330 e. The van der Waals surface area contributed by atoms with Gasteiger partial charge in [-0.15, -0.1) is 23.7 Å². The van der Waals surface area contributed by atoms with Gasteiger partial charge in [0.2, 0.25) is 0 Å². The number of likely N-dealkylation sites (tertiary alicyclic amines) is 1. The number of rotatable bonds is 4. The molecule has 0 aliphatic carbocycles. The molecule has 22 heavy (non-hydrogen) atoms. The molecule has 0 amide bonds. The van der Waals surface area contributed by atoms with Crippen LogP contribution in [0.1, 0.15) is 18.2 Å².